The fraction of sp³-hybridized carbons (Fsp3) is 0.364. The number of rotatable bonds is 5. The molecule has 0 unspecified atom stereocenters. The van der Waals surface area contributed by atoms with Crippen LogP contribution in [0.2, 0.25) is 0 Å². The Balaban J connectivity index is 1.65. The minimum atomic E-state index is -0.0892. The van der Waals surface area contributed by atoms with Crippen LogP contribution in [0, 0.1) is 13.8 Å². The highest BCUT2D eigenvalue weighted by atomic mass is 16.5. The van der Waals surface area contributed by atoms with Gasteiger partial charge in [0.25, 0.3) is 5.91 Å². The van der Waals surface area contributed by atoms with Crippen LogP contribution in [0.1, 0.15) is 40.1 Å². The first kappa shape index (κ1) is 17.7. The number of carbonyl (C=O) groups is 1. The summed E-state index contributed by atoms with van der Waals surface area (Å²) < 4.78 is 11.7. The van der Waals surface area contributed by atoms with Crippen LogP contribution in [0.4, 0.5) is 0 Å². The smallest absolute Gasteiger partial charge is 0.290 e. The third-order valence-corrected chi connectivity index (χ3v) is 5.14. The summed E-state index contributed by atoms with van der Waals surface area (Å²) in [4.78, 5) is 19.3. The van der Waals surface area contributed by atoms with Gasteiger partial charge in [-0.15, -0.1) is 0 Å². The normalized spacial score (nSPS) is 16.7. The lowest BCUT2D eigenvalue weighted by Gasteiger charge is -2.25. The molecule has 0 radical (unpaired) electrons. The molecule has 5 nitrogen and oxygen atoms in total. The number of aryl methyl sites for hydroxylation is 2. The SMILES string of the molecule is Cc1ccc2oc(C(=O)N(Cc3ccncc3)C[C@H]3CCCO3)c(C)c2c1. The van der Waals surface area contributed by atoms with Gasteiger partial charge in [-0.25, -0.2) is 0 Å². The van der Waals surface area contributed by atoms with Crippen LogP contribution in [0.5, 0.6) is 0 Å². The molecule has 0 N–H and O–H groups in total. The molecule has 1 atom stereocenters. The number of benzene rings is 1. The average Bonchev–Trinajstić information content (AvgIpc) is 3.30. The number of carbonyl (C=O) groups excluding carboxylic acids is 1. The van der Waals surface area contributed by atoms with E-state index in [0.29, 0.717) is 18.8 Å². The van der Waals surface area contributed by atoms with Crippen molar-refractivity contribution in [3.05, 3.63) is 65.2 Å². The van der Waals surface area contributed by atoms with Gasteiger partial charge in [-0.3, -0.25) is 9.78 Å². The molecule has 27 heavy (non-hydrogen) atoms. The second-order valence-corrected chi connectivity index (χ2v) is 7.23. The number of aromatic nitrogens is 1. The highest BCUT2D eigenvalue weighted by molar-refractivity contribution is 5.99. The van der Waals surface area contributed by atoms with Gasteiger partial charge in [-0.1, -0.05) is 11.6 Å². The Hall–Kier alpha value is -2.66. The van der Waals surface area contributed by atoms with Crippen LogP contribution in [-0.2, 0) is 11.3 Å². The molecule has 4 rings (SSSR count). The van der Waals surface area contributed by atoms with Crippen molar-refractivity contribution in [3.63, 3.8) is 0 Å². The Morgan fingerprint density at radius 3 is 2.78 bits per heavy atom. The lowest BCUT2D eigenvalue weighted by molar-refractivity contribution is 0.0485. The summed E-state index contributed by atoms with van der Waals surface area (Å²) in [5.74, 6) is 0.330. The second-order valence-electron chi connectivity index (χ2n) is 7.23. The van der Waals surface area contributed by atoms with E-state index in [1.54, 1.807) is 12.4 Å². The molecule has 140 valence electrons. The van der Waals surface area contributed by atoms with Crippen LogP contribution >= 0.6 is 0 Å². The number of nitrogens with zero attached hydrogens (tertiary/aromatic N) is 2. The summed E-state index contributed by atoms with van der Waals surface area (Å²) in [7, 11) is 0. The lowest BCUT2D eigenvalue weighted by atomic mass is 10.1. The monoisotopic (exact) mass is 364 g/mol. The van der Waals surface area contributed by atoms with Crippen LogP contribution in [-0.4, -0.2) is 35.0 Å². The van der Waals surface area contributed by atoms with Crippen molar-refractivity contribution < 1.29 is 13.9 Å². The molecule has 3 heterocycles. The predicted molar refractivity (Wildman–Crippen MR) is 104 cm³/mol. The standard InChI is InChI=1S/C22H24N2O3/c1-15-5-6-20-19(12-15)16(2)21(27-20)22(25)24(14-18-4-3-11-26-18)13-17-7-9-23-10-8-17/h5-10,12,18H,3-4,11,13-14H2,1-2H3/t18-/m1/s1. The predicted octanol–water partition coefficient (Wildman–Crippen LogP) is 4.27. The maximum atomic E-state index is 13.4. The molecular formula is C22H24N2O3. The van der Waals surface area contributed by atoms with Gasteiger partial charge >= 0.3 is 0 Å². The molecule has 5 heteroatoms. The zero-order valence-electron chi connectivity index (χ0n) is 15.8. The van der Waals surface area contributed by atoms with Crippen molar-refractivity contribution in [2.45, 2.75) is 39.3 Å². The van der Waals surface area contributed by atoms with E-state index in [1.807, 2.05) is 43.0 Å². The summed E-state index contributed by atoms with van der Waals surface area (Å²) in [6.45, 7) is 5.84. The van der Waals surface area contributed by atoms with Gasteiger partial charge in [-0.2, -0.15) is 0 Å². The Morgan fingerprint density at radius 1 is 1.22 bits per heavy atom. The first-order chi connectivity index (χ1) is 13.1. The molecule has 1 amide bonds. The third kappa shape index (κ3) is 3.74. The van der Waals surface area contributed by atoms with Crippen LogP contribution in [0.25, 0.3) is 11.0 Å². The Bertz CT molecular complexity index is 943. The number of amides is 1. The molecule has 2 aromatic heterocycles. The fourth-order valence-corrected chi connectivity index (χ4v) is 3.64. The van der Waals surface area contributed by atoms with Crippen LogP contribution in [0.15, 0.2) is 47.1 Å². The van der Waals surface area contributed by atoms with Crippen LogP contribution in [0.3, 0.4) is 0 Å². The molecule has 0 spiro atoms. The van der Waals surface area contributed by atoms with Gasteiger partial charge in [-0.05, 0) is 56.5 Å². The van der Waals surface area contributed by atoms with E-state index in [1.165, 1.54) is 0 Å². The minimum absolute atomic E-state index is 0.0858. The quantitative estimate of drug-likeness (QED) is 0.678. The number of furan rings is 1. The highest BCUT2D eigenvalue weighted by Gasteiger charge is 2.27. The molecule has 1 fully saturated rings. The van der Waals surface area contributed by atoms with Crippen molar-refractivity contribution in [3.8, 4) is 0 Å². The molecule has 1 aliphatic heterocycles. The number of fused-ring (bicyclic) bond motifs is 1. The first-order valence-electron chi connectivity index (χ1n) is 9.41. The van der Waals surface area contributed by atoms with Gasteiger partial charge in [0.05, 0.1) is 6.10 Å². The van der Waals surface area contributed by atoms with Gasteiger partial charge in [0, 0.05) is 43.0 Å². The lowest BCUT2D eigenvalue weighted by Crippen LogP contribution is -2.37. The van der Waals surface area contributed by atoms with E-state index in [9.17, 15) is 4.79 Å². The van der Waals surface area contributed by atoms with Crippen molar-refractivity contribution in [1.29, 1.82) is 0 Å². The van der Waals surface area contributed by atoms with Crippen LogP contribution < -0.4 is 0 Å². The molecular weight excluding hydrogens is 340 g/mol. The van der Waals surface area contributed by atoms with Crippen molar-refractivity contribution in [2.24, 2.45) is 0 Å². The number of pyridine rings is 1. The van der Waals surface area contributed by atoms with E-state index in [-0.39, 0.29) is 12.0 Å². The van der Waals surface area contributed by atoms with E-state index in [2.05, 4.69) is 11.1 Å². The number of hydrogen-bond donors (Lipinski definition) is 0. The maximum Gasteiger partial charge on any atom is 0.290 e. The Kier molecular flexibility index (Phi) is 4.94. The maximum absolute atomic E-state index is 13.4. The average molecular weight is 364 g/mol. The zero-order chi connectivity index (χ0) is 18.8. The fourth-order valence-electron chi connectivity index (χ4n) is 3.64. The molecule has 0 saturated carbocycles. The van der Waals surface area contributed by atoms with Gasteiger partial charge in [0.2, 0.25) is 0 Å². The van der Waals surface area contributed by atoms with E-state index < -0.39 is 0 Å². The molecule has 3 aromatic rings. The van der Waals surface area contributed by atoms with Gasteiger partial charge in [0.15, 0.2) is 5.76 Å². The Morgan fingerprint density at radius 2 is 2.04 bits per heavy atom. The zero-order valence-corrected chi connectivity index (χ0v) is 15.8. The van der Waals surface area contributed by atoms with Crippen molar-refractivity contribution in [2.75, 3.05) is 13.2 Å². The van der Waals surface area contributed by atoms with E-state index >= 15 is 0 Å². The van der Waals surface area contributed by atoms with Crippen molar-refractivity contribution in [1.82, 2.24) is 9.88 Å². The summed E-state index contributed by atoms with van der Waals surface area (Å²) in [5.41, 5.74) is 3.84. The van der Waals surface area contributed by atoms with E-state index in [0.717, 1.165) is 47.1 Å². The number of ether oxygens (including phenoxy) is 1. The summed E-state index contributed by atoms with van der Waals surface area (Å²) in [6.07, 6.45) is 5.62. The molecule has 1 aliphatic rings. The molecule has 1 aromatic carbocycles. The summed E-state index contributed by atoms with van der Waals surface area (Å²) in [5, 5.41) is 0.999. The second kappa shape index (κ2) is 7.53. The van der Waals surface area contributed by atoms with Gasteiger partial charge in [0.1, 0.15) is 5.58 Å². The van der Waals surface area contributed by atoms with Crippen molar-refractivity contribution >= 4 is 16.9 Å². The topological polar surface area (TPSA) is 55.6 Å². The first-order valence-corrected chi connectivity index (χ1v) is 9.41. The van der Waals surface area contributed by atoms with Gasteiger partial charge < -0.3 is 14.1 Å². The molecule has 0 aliphatic carbocycles. The molecule has 0 bridgehead atoms. The summed E-state index contributed by atoms with van der Waals surface area (Å²) >= 11 is 0. The highest BCUT2D eigenvalue weighted by Crippen LogP contribution is 2.28. The molecule has 1 saturated heterocycles. The third-order valence-electron chi connectivity index (χ3n) is 5.14. The van der Waals surface area contributed by atoms with E-state index in [4.69, 9.17) is 9.15 Å². The summed E-state index contributed by atoms with van der Waals surface area (Å²) in [6, 6.07) is 9.87. The largest absolute Gasteiger partial charge is 0.451 e. The minimum Gasteiger partial charge on any atom is -0.451 e. The Labute approximate surface area is 158 Å². The number of hydrogen-bond acceptors (Lipinski definition) is 4.